The zero-order valence-corrected chi connectivity index (χ0v) is 9.61. The number of esters is 1. The van der Waals surface area contributed by atoms with Gasteiger partial charge in [-0.25, -0.2) is 4.79 Å². The number of fused-ring (bicyclic) bond motifs is 1. The van der Waals surface area contributed by atoms with Crippen LogP contribution in [0.4, 0.5) is 0 Å². The molecular weight excluding hydrogens is 258 g/mol. The zero-order chi connectivity index (χ0) is 10.8. The van der Waals surface area contributed by atoms with E-state index < -0.39 is 0 Å². The first kappa shape index (κ1) is 10.1. The number of hydrogen-bond donors (Lipinski definition) is 0. The summed E-state index contributed by atoms with van der Waals surface area (Å²) in [6, 6.07) is 7.20. The van der Waals surface area contributed by atoms with Crippen molar-refractivity contribution in [3.05, 3.63) is 40.5 Å². The highest BCUT2D eigenvalue weighted by Gasteiger charge is 2.09. The molecule has 0 radical (unpaired) electrons. The van der Waals surface area contributed by atoms with Gasteiger partial charge < -0.3 is 4.74 Å². The molecule has 0 spiro atoms. The van der Waals surface area contributed by atoms with Crippen LogP contribution in [0.25, 0.3) is 10.9 Å². The highest BCUT2D eigenvalue weighted by molar-refractivity contribution is 9.10. The Bertz CT molecular complexity index is 525. The fraction of sp³-hybridized carbons (Fsp3) is 0.0909. The summed E-state index contributed by atoms with van der Waals surface area (Å²) in [4.78, 5) is 15.6. The molecule has 2 rings (SSSR count). The van der Waals surface area contributed by atoms with Crippen molar-refractivity contribution < 1.29 is 9.53 Å². The molecular formula is C11H8BrNO2. The normalized spacial score (nSPS) is 10.3. The van der Waals surface area contributed by atoms with Crippen molar-refractivity contribution in [2.24, 2.45) is 0 Å². The first-order valence-corrected chi connectivity index (χ1v) is 5.14. The van der Waals surface area contributed by atoms with E-state index in [2.05, 4.69) is 25.7 Å². The van der Waals surface area contributed by atoms with E-state index in [1.807, 2.05) is 12.1 Å². The third-order valence-electron chi connectivity index (χ3n) is 2.08. The van der Waals surface area contributed by atoms with E-state index in [4.69, 9.17) is 0 Å². The van der Waals surface area contributed by atoms with Gasteiger partial charge in [0.25, 0.3) is 0 Å². The number of pyridine rings is 1. The highest BCUT2D eigenvalue weighted by atomic mass is 79.9. The monoisotopic (exact) mass is 265 g/mol. The fourth-order valence-electron chi connectivity index (χ4n) is 1.38. The summed E-state index contributed by atoms with van der Waals surface area (Å²) >= 11 is 3.37. The summed E-state index contributed by atoms with van der Waals surface area (Å²) in [6.45, 7) is 0. The molecule has 0 aliphatic rings. The zero-order valence-electron chi connectivity index (χ0n) is 8.03. The number of methoxy groups -OCH3 is 1. The van der Waals surface area contributed by atoms with E-state index in [1.165, 1.54) is 7.11 Å². The maximum atomic E-state index is 11.3. The summed E-state index contributed by atoms with van der Waals surface area (Å²) in [5.41, 5.74) is 1.36. The van der Waals surface area contributed by atoms with Crippen LogP contribution in [0.1, 0.15) is 10.4 Å². The molecule has 0 unspecified atom stereocenters. The molecule has 2 aromatic rings. The molecule has 1 aromatic heterocycles. The summed E-state index contributed by atoms with van der Waals surface area (Å²) in [5, 5.41) is 0.910. The maximum absolute atomic E-state index is 11.3. The van der Waals surface area contributed by atoms with Crippen LogP contribution in [0.3, 0.4) is 0 Å². The Balaban J connectivity index is 2.67. The van der Waals surface area contributed by atoms with Gasteiger partial charge >= 0.3 is 5.97 Å². The number of aromatic nitrogens is 1. The molecule has 0 fully saturated rings. The van der Waals surface area contributed by atoms with Crippen molar-refractivity contribution >= 4 is 32.8 Å². The standard InChI is InChI=1S/C11H8BrNO2/c1-15-11(14)8-5-7-3-2-4-13-10(7)9(12)6-8/h2-6H,1H3. The lowest BCUT2D eigenvalue weighted by molar-refractivity contribution is 0.0601. The van der Waals surface area contributed by atoms with Crippen LogP contribution in [0.5, 0.6) is 0 Å². The second-order valence-electron chi connectivity index (χ2n) is 3.02. The summed E-state index contributed by atoms with van der Waals surface area (Å²) in [5.74, 6) is -0.346. The summed E-state index contributed by atoms with van der Waals surface area (Å²) < 4.78 is 5.45. The van der Waals surface area contributed by atoms with Crippen molar-refractivity contribution in [3.63, 3.8) is 0 Å². The van der Waals surface area contributed by atoms with Crippen LogP contribution in [-0.2, 0) is 4.74 Å². The van der Waals surface area contributed by atoms with Crippen molar-refractivity contribution in [3.8, 4) is 0 Å². The average Bonchev–Trinajstić information content (AvgIpc) is 2.28. The van der Waals surface area contributed by atoms with Gasteiger partial charge in [0, 0.05) is 16.1 Å². The maximum Gasteiger partial charge on any atom is 0.337 e. The summed E-state index contributed by atoms with van der Waals surface area (Å²) in [6.07, 6.45) is 1.71. The number of carbonyl (C=O) groups excluding carboxylic acids is 1. The molecule has 0 aliphatic heterocycles. The molecule has 0 atom stereocenters. The molecule has 0 amide bonds. The van der Waals surface area contributed by atoms with Crippen LogP contribution >= 0.6 is 15.9 Å². The van der Waals surface area contributed by atoms with E-state index in [0.717, 1.165) is 15.4 Å². The smallest absolute Gasteiger partial charge is 0.337 e. The lowest BCUT2D eigenvalue weighted by Gasteiger charge is -2.03. The SMILES string of the molecule is COC(=O)c1cc(Br)c2ncccc2c1. The Labute approximate surface area is 95.2 Å². The van der Waals surface area contributed by atoms with Crippen LogP contribution in [0.2, 0.25) is 0 Å². The van der Waals surface area contributed by atoms with Crippen LogP contribution in [-0.4, -0.2) is 18.1 Å². The number of rotatable bonds is 1. The third kappa shape index (κ3) is 1.85. The number of benzene rings is 1. The number of carbonyl (C=O) groups is 1. The minimum Gasteiger partial charge on any atom is -0.465 e. The van der Waals surface area contributed by atoms with Gasteiger partial charge in [-0.1, -0.05) is 6.07 Å². The van der Waals surface area contributed by atoms with Gasteiger partial charge in [0.2, 0.25) is 0 Å². The third-order valence-corrected chi connectivity index (χ3v) is 2.68. The Kier molecular flexibility index (Phi) is 2.68. The number of halogens is 1. The Hall–Kier alpha value is -1.42. The molecule has 1 heterocycles. The molecule has 76 valence electrons. The van der Waals surface area contributed by atoms with E-state index in [1.54, 1.807) is 18.3 Å². The first-order valence-electron chi connectivity index (χ1n) is 4.35. The van der Waals surface area contributed by atoms with Crippen molar-refractivity contribution in [1.29, 1.82) is 0 Å². The summed E-state index contributed by atoms with van der Waals surface area (Å²) in [7, 11) is 1.36. The molecule has 0 bridgehead atoms. The highest BCUT2D eigenvalue weighted by Crippen LogP contribution is 2.24. The lowest BCUT2D eigenvalue weighted by atomic mass is 10.1. The number of ether oxygens (including phenoxy) is 1. The minimum atomic E-state index is -0.346. The van der Waals surface area contributed by atoms with Gasteiger partial charge in [0.05, 0.1) is 18.2 Å². The number of hydrogen-bond acceptors (Lipinski definition) is 3. The van der Waals surface area contributed by atoms with E-state index in [-0.39, 0.29) is 5.97 Å². The second kappa shape index (κ2) is 3.98. The van der Waals surface area contributed by atoms with Crippen molar-refractivity contribution in [2.75, 3.05) is 7.11 Å². The van der Waals surface area contributed by atoms with Gasteiger partial charge in [-0.3, -0.25) is 4.98 Å². The first-order chi connectivity index (χ1) is 7.22. The molecule has 1 aromatic carbocycles. The predicted octanol–water partition coefficient (Wildman–Crippen LogP) is 2.78. The lowest BCUT2D eigenvalue weighted by Crippen LogP contribution is -2.01. The second-order valence-corrected chi connectivity index (χ2v) is 3.88. The largest absolute Gasteiger partial charge is 0.465 e. The van der Waals surface area contributed by atoms with Gasteiger partial charge in [0.1, 0.15) is 0 Å². The van der Waals surface area contributed by atoms with Crippen molar-refractivity contribution in [2.45, 2.75) is 0 Å². The topological polar surface area (TPSA) is 39.2 Å². The fourth-order valence-corrected chi connectivity index (χ4v) is 1.96. The Morgan fingerprint density at radius 1 is 1.47 bits per heavy atom. The average molecular weight is 266 g/mol. The van der Waals surface area contributed by atoms with E-state index in [0.29, 0.717) is 5.56 Å². The molecule has 4 heteroatoms. The van der Waals surface area contributed by atoms with Gasteiger partial charge in [-0.2, -0.15) is 0 Å². The minimum absolute atomic E-state index is 0.346. The van der Waals surface area contributed by atoms with Crippen LogP contribution in [0.15, 0.2) is 34.9 Å². The Morgan fingerprint density at radius 3 is 3.00 bits per heavy atom. The van der Waals surface area contributed by atoms with Gasteiger partial charge in [0.15, 0.2) is 0 Å². The van der Waals surface area contributed by atoms with Crippen LogP contribution < -0.4 is 0 Å². The molecule has 3 nitrogen and oxygen atoms in total. The predicted molar refractivity (Wildman–Crippen MR) is 60.8 cm³/mol. The van der Waals surface area contributed by atoms with E-state index >= 15 is 0 Å². The van der Waals surface area contributed by atoms with Gasteiger partial charge in [-0.05, 0) is 34.1 Å². The molecule has 0 N–H and O–H groups in total. The quantitative estimate of drug-likeness (QED) is 0.745. The van der Waals surface area contributed by atoms with Crippen molar-refractivity contribution in [1.82, 2.24) is 4.98 Å². The Morgan fingerprint density at radius 2 is 2.27 bits per heavy atom. The van der Waals surface area contributed by atoms with Crippen LogP contribution in [0, 0.1) is 0 Å². The molecule has 15 heavy (non-hydrogen) atoms. The number of nitrogens with zero attached hydrogens (tertiary/aromatic N) is 1. The molecule has 0 saturated heterocycles. The molecule has 0 saturated carbocycles. The van der Waals surface area contributed by atoms with Gasteiger partial charge in [-0.15, -0.1) is 0 Å². The van der Waals surface area contributed by atoms with E-state index in [9.17, 15) is 4.79 Å². The molecule has 0 aliphatic carbocycles.